The lowest BCUT2D eigenvalue weighted by atomic mass is 9.86. The van der Waals surface area contributed by atoms with E-state index in [2.05, 4.69) is 72.2 Å². The van der Waals surface area contributed by atoms with Crippen LogP contribution in [0.4, 0.5) is 11.4 Å². The molecule has 0 saturated carbocycles. The van der Waals surface area contributed by atoms with E-state index in [9.17, 15) is 4.79 Å². The molecule has 2 heterocycles. The molecule has 0 spiro atoms. The number of carbonyl (C=O) groups excluding carboxylic acids is 1. The molecule has 2 bridgehead atoms. The fraction of sp³-hybridized carbons (Fsp3) is 0.296. The van der Waals surface area contributed by atoms with Gasteiger partial charge in [0.05, 0.1) is 13.2 Å². The molecule has 0 unspecified atom stereocenters. The lowest BCUT2D eigenvalue weighted by molar-refractivity contribution is -0.150. The first kappa shape index (κ1) is 19.7. The highest BCUT2D eigenvalue weighted by atomic mass is 16.5. The minimum absolute atomic E-state index is 0.191. The summed E-state index contributed by atoms with van der Waals surface area (Å²) in [5, 5.41) is 0. The first-order chi connectivity index (χ1) is 15.0. The lowest BCUT2D eigenvalue weighted by Gasteiger charge is -2.42. The summed E-state index contributed by atoms with van der Waals surface area (Å²) in [7, 11) is 0. The van der Waals surface area contributed by atoms with Gasteiger partial charge in [0.25, 0.3) is 0 Å². The number of nitrogens with zero attached hydrogens (tertiary/aromatic N) is 2. The number of esters is 1. The van der Waals surface area contributed by atoms with E-state index < -0.39 is 5.54 Å². The van der Waals surface area contributed by atoms with Crippen molar-refractivity contribution in [3.05, 3.63) is 94.5 Å². The van der Waals surface area contributed by atoms with Crippen molar-refractivity contribution >= 4 is 17.3 Å². The zero-order chi connectivity index (χ0) is 21.6. The van der Waals surface area contributed by atoms with E-state index >= 15 is 0 Å². The number of fused-ring (bicyclic) bond motifs is 7. The van der Waals surface area contributed by atoms with Crippen LogP contribution in [0.15, 0.2) is 66.7 Å². The number of benzene rings is 3. The average molecular weight is 413 g/mol. The van der Waals surface area contributed by atoms with Gasteiger partial charge in [-0.05, 0) is 49.6 Å². The molecule has 0 N–H and O–H groups in total. The van der Waals surface area contributed by atoms with Gasteiger partial charge >= 0.3 is 5.97 Å². The fourth-order valence-corrected chi connectivity index (χ4v) is 5.15. The van der Waals surface area contributed by atoms with Crippen molar-refractivity contribution < 1.29 is 9.53 Å². The SMILES string of the molecule is CCOC(=O)[C@@]1(c2ccccc2)CN2Cc3cc(C)ccc3N1Cc1cc(C)ccc12. The second kappa shape index (κ2) is 7.45. The Morgan fingerprint density at radius 3 is 2.23 bits per heavy atom. The minimum atomic E-state index is -0.926. The Morgan fingerprint density at radius 2 is 1.55 bits per heavy atom. The molecule has 0 aliphatic carbocycles. The van der Waals surface area contributed by atoms with Crippen molar-refractivity contribution in [2.75, 3.05) is 23.0 Å². The van der Waals surface area contributed by atoms with E-state index in [-0.39, 0.29) is 5.97 Å². The Morgan fingerprint density at radius 1 is 0.903 bits per heavy atom. The molecule has 31 heavy (non-hydrogen) atoms. The van der Waals surface area contributed by atoms with Crippen LogP contribution < -0.4 is 9.80 Å². The zero-order valence-electron chi connectivity index (χ0n) is 18.4. The maximum absolute atomic E-state index is 13.8. The molecule has 0 amide bonds. The third kappa shape index (κ3) is 3.09. The Balaban J connectivity index is 1.82. The molecule has 0 radical (unpaired) electrons. The summed E-state index contributed by atoms with van der Waals surface area (Å²) in [5.74, 6) is -0.191. The van der Waals surface area contributed by atoms with Crippen molar-refractivity contribution in [1.29, 1.82) is 0 Å². The van der Waals surface area contributed by atoms with E-state index in [1.54, 1.807) is 0 Å². The van der Waals surface area contributed by atoms with Gasteiger partial charge in [-0.3, -0.25) is 0 Å². The molecular formula is C27H28N2O2. The van der Waals surface area contributed by atoms with Crippen LogP contribution in [0, 0.1) is 13.8 Å². The summed E-state index contributed by atoms with van der Waals surface area (Å²) < 4.78 is 5.76. The van der Waals surface area contributed by atoms with Gasteiger partial charge in [-0.1, -0.05) is 65.7 Å². The molecule has 1 atom stereocenters. The van der Waals surface area contributed by atoms with Crippen molar-refractivity contribution in [3.63, 3.8) is 0 Å². The first-order valence-corrected chi connectivity index (χ1v) is 11.0. The van der Waals surface area contributed by atoms with E-state index in [1.165, 1.54) is 27.9 Å². The van der Waals surface area contributed by atoms with Crippen molar-refractivity contribution in [1.82, 2.24) is 0 Å². The van der Waals surface area contributed by atoms with Crippen molar-refractivity contribution in [2.24, 2.45) is 0 Å². The van der Waals surface area contributed by atoms with Gasteiger partial charge in [-0.15, -0.1) is 0 Å². The summed E-state index contributed by atoms with van der Waals surface area (Å²) >= 11 is 0. The molecule has 4 heteroatoms. The monoisotopic (exact) mass is 412 g/mol. The summed E-state index contributed by atoms with van der Waals surface area (Å²) in [6, 6.07) is 23.3. The third-order valence-corrected chi connectivity index (χ3v) is 6.54. The molecule has 5 rings (SSSR count). The number of carbonyl (C=O) groups is 1. The number of hydrogen-bond donors (Lipinski definition) is 0. The van der Waals surface area contributed by atoms with Crippen LogP contribution in [0.5, 0.6) is 0 Å². The lowest BCUT2D eigenvalue weighted by Crippen LogP contribution is -2.56. The highest BCUT2D eigenvalue weighted by molar-refractivity contribution is 5.90. The molecule has 4 nitrogen and oxygen atoms in total. The van der Waals surface area contributed by atoms with Crippen LogP contribution in [0.25, 0.3) is 0 Å². The van der Waals surface area contributed by atoms with Gasteiger partial charge in [0.1, 0.15) is 0 Å². The van der Waals surface area contributed by atoms with Crippen LogP contribution in [-0.2, 0) is 28.2 Å². The number of aryl methyl sites for hydroxylation is 2. The molecule has 2 aliphatic heterocycles. The summed E-state index contributed by atoms with van der Waals surface area (Å²) in [6.45, 7) is 8.43. The summed E-state index contributed by atoms with van der Waals surface area (Å²) in [5.41, 5.74) is 7.29. The van der Waals surface area contributed by atoms with Gasteiger partial charge in [0, 0.05) is 24.5 Å². The molecule has 0 aromatic heterocycles. The molecule has 0 saturated heterocycles. The number of anilines is 2. The maximum Gasteiger partial charge on any atom is 0.338 e. The van der Waals surface area contributed by atoms with Gasteiger partial charge in [0.2, 0.25) is 0 Å². The predicted molar refractivity (Wildman–Crippen MR) is 124 cm³/mol. The van der Waals surface area contributed by atoms with Gasteiger partial charge in [-0.25, -0.2) is 4.79 Å². The van der Waals surface area contributed by atoms with Crippen LogP contribution in [0.1, 0.15) is 34.7 Å². The second-order valence-electron chi connectivity index (χ2n) is 8.65. The fourth-order valence-electron chi connectivity index (χ4n) is 5.15. The standard InChI is InChI=1S/C27H28N2O2/c1-4-31-26(30)27(23-8-6-5-7-9-23)18-28-16-21-14-20(3)11-13-25(21)29(27)17-22-15-19(2)10-12-24(22)28/h5-15H,4,16-18H2,1-3H3/t27-/m0/s1. The van der Waals surface area contributed by atoms with Crippen LogP contribution in [0.2, 0.25) is 0 Å². The Labute approximate surface area is 184 Å². The number of hydrogen-bond acceptors (Lipinski definition) is 4. The Kier molecular flexibility index (Phi) is 4.73. The number of ether oxygens (including phenoxy) is 1. The second-order valence-corrected chi connectivity index (χ2v) is 8.65. The maximum atomic E-state index is 13.8. The highest BCUT2D eigenvalue weighted by Crippen LogP contribution is 2.46. The van der Waals surface area contributed by atoms with E-state index in [4.69, 9.17) is 4.74 Å². The smallest absolute Gasteiger partial charge is 0.338 e. The van der Waals surface area contributed by atoms with Crippen molar-refractivity contribution in [3.8, 4) is 0 Å². The van der Waals surface area contributed by atoms with Crippen LogP contribution in [0.3, 0.4) is 0 Å². The minimum Gasteiger partial charge on any atom is -0.464 e. The molecular weight excluding hydrogens is 384 g/mol. The van der Waals surface area contributed by atoms with Crippen LogP contribution >= 0.6 is 0 Å². The summed E-state index contributed by atoms with van der Waals surface area (Å²) in [6.07, 6.45) is 0. The largest absolute Gasteiger partial charge is 0.464 e. The van der Waals surface area contributed by atoms with E-state index in [1.807, 2.05) is 25.1 Å². The topological polar surface area (TPSA) is 32.8 Å². The van der Waals surface area contributed by atoms with Gasteiger partial charge in [0.15, 0.2) is 5.54 Å². The van der Waals surface area contributed by atoms with Crippen molar-refractivity contribution in [2.45, 2.75) is 39.4 Å². The highest BCUT2D eigenvalue weighted by Gasteiger charge is 2.52. The predicted octanol–water partition coefficient (Wildman–Crippen LogP) is 5.10. The molecule has 3 aromatic carbocycles. The molecule has 2 aliphatic rings. The van der Waals surface area contributed by atoms with Gasteiger partial charge < -0.3 is 14.5 Å². The quantitative estimate of drug-likeness (QED) is 0.560. The normalized spacial score (nSPS) is 19.3. The Bertz CT molecular complexity index is 1140. The van der Waals surface area contributed by atoms with E-state index in [0.717, 1.165) is 17.8 Å². The summed E-state index contributed by atoms with van der Waals surface area (Å²) in [4.78, 5) is 18.5. The third-order valence-electron chi connectivity index (χ3n) is 6.54. The zero-order valence-corrected chi connectivity index (χ0v) is 18.4. The molecule has 158 valence electrons. The Hall–Kier alpha value is -3.27. The van der Waals surface area contributed by atoms with E-state index in [0.29, 0.717) is 19.7 Å². The molecule has 3 aromatic rings. The average Bonchev–Trinajstić information content (AvgIpc) is 2.98. The number of rotatable bonds is 3. The molecule has 0 fully saturated rings. The first-order valence-electron chi connectivity index (χ1n) is 11.0. The van der Waals surface area contributed by atoms with Gasteiger partial charge in [-0.2, -0.15) is 0 Å². The van der Waals surface area contributed by atoms with Crippen LogP contribution in [-0.4, -0.2) is 19.1 Å².